The van der Waals surface area contributed by atoms with Gasteiger partial charge in [0.1, 0.15) is 5.69 Å². The minimum absolute atomic E-state index is 0.134. The molecule has 12 heteroatoms. The molecule has 33 heavy (non-hydrogen) atoms. The maximum atomic E-state index is 10.5. The van der Waals surface area contributed by atoms with E-state index in [1.165, 1.54) is 0 Å². The van der Waals surface area contributed by atoms with Crippen LogP contribution in [0.5, 0.6) is 0 Å². The van der Waals surface area contributed by atoms with Crippen LogP contribution in [-0.4, -0.2) is 106 Å². The van der Waals surface area contributed by atoms with E-state index in [0.717, 1.165) is 12.8 Å². The average molecular weight is 478 g/mol. The van der Waals surface area contributed by atoms with Crippen molar-refractivity contribution in [2.45, 2.75) is 38.8 Å². The third-order valence-corrected chi connectivity index (χ3v) is 4.91. The Labute approximate surface area is 194 Å². The Morgan fingerprint density at radius 2 is 1.36 bits per heavy atom. The summed E-state index contributed by atoms with van der Waals surface area (Å²) in [5.74, 6) is -1.61. The first-order valence-corrected chi connectivity index (χ1v) is 11.3. The van der Waals surface area contributed by atoms with Gasteiger partial charge in [0, 0.05) is 30.7 Å². The van der Waals surface area contributed by atoms with Crippen LogP contribution in [0, 0.1) is 17.8 Å². The molecule has 0 aliphatic heterocycles. The maximum Gasteiger partial charge on any atom is 0.303 e. The Kier molecular flexibility index (Phi) is 16.7. The summed E-state index contributed by atoms with van der Waals surface area (Å²) in [5, 5.41) is 53.4. The zero-order valence-corrected chi connectivity index (χ0v) is 19.1. The molecule has 0 atom stereocenters. The molecule has 0 radical (unpaired) electrons. The van der Waals surface area contributed by atoms with Crippen LogP contribution in [0.3, 0.4) is 0 Å². The summed E-state index contributed by atoms with van der Waals surface area (Å²) < 4.78 is 18.6. The van der Waals surface area contributed by atoms with Gasteiger partial charge in [0.25, 0.3) is 0 Å². The highest BCUT2D eigenvalue weighted by molar-refractivity contribution is 5.66. The summed E-state index contributed by atoms with van der Waals surface area (Å²) in [6.45, 7) is 1.55. The molecule has 0 spiro atoms. The van der Waals surface area contributed by atoms with E-state index in [4.69, 9.17) is 39.7 Å². The molecular weight excluding hydrogens is 438 g/mol. The lowest BCUT2D eigenvalue weighted by atomic mass is 10.1. The normalized spacial score (nSPS) is 11.8. The van der Waals surface area contributed by atoms with E-state index >= 15 is 0 Å². The van der Waals surface area contributed by atoms with Crippen molar-refractivity contribution in [3.8, 4) is 0 Å². The molecule has 0 saturated carbocycles. The number of hydrogen-bond acceptors (Lipinski definition) is 10. The van der Waals surface area contributed by atoms with Crippen molar-refractivity contribution >= 4 is 5.97 Å². The molecule has 1 aromatic heterocycles. The summed E-state index contributed by atoms with van der Waals surface area (Å²) in [6.07, 6.45) is 4.23. The minimum atomic E-state index is -0.785. The zero-order chi connectivity index (χ0) is 24.3. The van der Waals surface area contributed by atoms with Gasteiger partial charge in [-0.05, 0) is 12.8 Å². The minimum Gasteiger partial charge on any atom is -0.481 e. The second-order valence-corrected chi connectivity index (χ2v) is 8.10. The third kappa shape index (κ3) is 14.3. The molecule has 1 aromatic rings. The van der Waals surface area contributed by atoms with Gasteiger partial charge in [-0.25, -0.2) is 0 Å². The summed E-state index contributed by atoms with van der Waals surface area (Å²) in [6, 6.07) is 0. The van der Waals surface area contributed by atoms with E-state index in [2.05, 4.69) is 10.3 Å². The number of hydrogen-bond donors (Lipinski definition) is 5. The molecule has 192 valence electrons. The molecule has 0 aliphatic carbocycles. The van der Waals surface area contributed by atoms with Crippen LogP contribution in [0.2, 0.25) is 0 Å². The molecule has 12 nitrogen and oxygen atoms in total. The number of aliphatic carboxylic acids is 1. The van der Waals surface area contributed by atoms with Gasteiger partial charge in [-0.1, -0.05) is 11.6 Å². The van der Waals surface area contributed by atoms with Crippen LogP contribution in [0.1, 0.15) is 31.4 Å². The van der Waals surface area contributed by atoms with Gasteiger partial charge in [0.15, 0.2) is 0 Å². The number of aliphatic hydroxyl groups excluding tert-OH is 4. The van der Waals surface area contributed by atoms with E-state index < -0.39 is 5.97 Å². The second-order valence-electron chi connectivity index (χ2n) is 8.10. The van der Waals surface area contributed by atoms with Crippen molar-refractivity contribution in [1.29, 1.82) is 0 Å². The van der Waals surface area contributed by atoms with E-state index in [1.54, 1.807) is 10.9 Å². The molecular formula is C21H39N3O9. The highest BCUT2D eigenvalue weighted by Gasteiger charge is 2.15. The lowest BCUT2D eigenvalue weighted by Gasteiger charge is -2.20. The number of nitrogens with zero attached hydrogens (tertiary/aromatic N) is 3. The number of carboxylic acid groups (broad SMARTS) is 1. The van der Waals surface area contributed by atoms with Crippen LogP contribution >= 0.6 is 0 Å². The van der Waals surface area contributed by atoms with Gasteiger partial charge in [0.2, 0.25) is 0 Å². The number of aliphatic hydroxyl groups is 4. The van der Waals surface area contributed by atoms with Crippen LogP contribution in [0.25, 0.3) is 0 Å². The molecule has 0 amide bonds. The van der Waals surface area contributed by atoms with E-state index in [1.807, 2.05) is 0 Å². The first-order chi connectivity index (χ1) is 16.0. The summed E-state index contributed by atoms with van der Waals surface area (Å²) in [5.41, 5.74) is 0.669. The Balaban J connectivity index is 2.38. The summed E-state index contributed by atoms with van der Waals surface area (Å²) in [7, 11) is 0. The fraction of sp³-hybridized carbons (Fsp3) is 0.857. The first kappa shape index (κ1) is 29.4. The summed E-state index contributed by atoms with van der Waals surface area (Å²) >= 11 is 0. The molecule has 0 aliphatic rings. The van der Waals surface area contributed by atoms with Crippen LogP contribution < -0.4 is 0 Å². The Hall–Kier alpha value is -1.67. The lowest BCUT2D eigenvalue weighted by molar-refractivity contribution is -0.137. The predicted octanol–water partition coefficient (Wildman–Crippen LogP) is -0.709. The van der Waals surface area contributed by atoms with Gasteiger partial charge in [-0.15, -0.1) is 5.10 Å². The maximum absolute atomic E-state index is 10.5. The molecule has 1 rings (SSSR count). The predicted molar refractivity (Wildman–Crippen MR) is 116 cm³/mol. The third-order valence-electron chi connectivity index (χ3n) is 4.91. The Bertz CT molecular complexity index is 592. The molecule has 5 N–H and O–H groups in total. The number of unbranched alkanes of at least 4 members (excludes halogenated alkanes) is 2. The number of rotatable bonds is 22. The highest BCUT2D eigenvalue weighted by Crippen LogP contribution is 2.08. The average Bonchev–Trinajstić information content (AvgIpc) is 3.26. The molecule has 0 saturated heterocycles. The molecule has 0 bridgehead atoms. The second kappa shape index (κ2) is 18.7. The fourth-order valence-electron chi connectivity index (χ4n) is 2.84. The van der Waals surface area contributed by atoms with Crippen LogP contribution in [-0.2, 0) is 32.2 Å². The van der Waals surface area contributed by atoms with Crippen molar-refractivity contribution in [2.24, 2.45) is 17.8 Å². The van der Waals surface area contributed by atoms with Crippen molar-refractivity contribution < 1.29 is 44.5 Å². The van der Waals surface area contributed by atoms with Gasteiger partial charge in [0.05, 0.1) is 72.3 Å². The van der Waals surface area contributed by atoms with Crippen molar-refractivity contribution in [2.75, 3.05) is 59.5 Å². The number of ether oxygens (including phenoxy) is 3. The quantitative estimate of drug-likeness (QED) is 0.133. The topological polar surface area (TPSA) is 177 Å². The van der Waals surface area contributed by atoms with Gasteiger partial charge in [-0.2, -0.15) is 0 Å². The molecule has 0 unspecified atom stereocenters. The highest BCUT2D eigenvalue weighted by atomic mass is 16.5. The SMILES string of the molecule is O=C(O)CCCCCn1cc(COCC(COCC(CO)CO)COCC(CO)CO)nn1. The first-order valence-electron chi connectivity index (χ1n) is 11.3. The Morgan fingerprint density at radius 1 is 0.818 bits per heavy atom. The van der Waals surface area contributed by atoms with Crippen molar-refractivity contribution in [3.63, 3.8) is 0 Å². The van der Waals surface area contributed by atoms with E-state index in [-0.39, 0.29) is 70.4 Å². The Morgan fingerprint density at radius 3 is 1.91 bits per heavy atom. The fourth-order valence-corrected chi connectivity index (χ4v) is 2.84. The number of carboxylic acids is 1. The molecule has 1 heterocycles. The zero-order valence-electron chi connectivity index (χ0n) is 19.1. The number of aromatic nitrogens is 3. The standard InChI is InChI=1S/C21H39N3O9/c25-7-17(8-26)11-31-13-19(14-32-12-18(9-27)10-28)15-33-16-20-6-24(23-22-20)5-3-1-2-4-21(29)30/h6,17-19,25-28H,1-5,7-16H2,(H,29,30). The van der Waals surface area contributed by atoms with Crippen LogP contribution in [0.15, 0.2) is 6.20 Å². The monoisotopic (exact) mass is 477 g/mol. The number of carbonyl (C=O) groups is 1. The van der Waals surface area contributed by atoms with Crippen molar-refractivity contribution in [1.82, 2.24) is 15.0 Å². The van der Waals surface area contributed by atoms with Crippen LogP contribution in [0.4, 0.5) is 0 Å². The van der Waals surface area contributed by atoms with Crippen molar-refractivity contribution in [3.05, 3.63) is 11.9 Å². The molecule has 0 fully saturated rings. The van der Waals surface area contributed by atoms with Gasteiger partial charge >= 0.3 is 5.97 Å². The van der Waals surface area contributed by atoms with E-state index in [0.29, 0.717) is 38.5 Å². The lowest BCUT2D eigenvalue weighted by Crippen LogP contribution is -2.27. The summed E-state index contributed by atoms with van der Waals surface area (Å²) in [4.78, 5) is 10.5. The largest absolute Gasteiger partial charge is 0.481 e. The van der Waals surface area contributed by atoms with E-state index in [9.17, 15) is 4.79 Å². The smallest absolute Gasteiger partial charge is 0.303 e. The van der Waals surface area contributed by atoms with Gasteiger partial charge < -0.3 is 39.7 Å². The number of aryl methyl sites for hydroxylation is 1. The molecule has 0 aromatic carbocycles. The van der Waals surface area contributed by atoms with Gasteiger partial charge in [-0.3, -0.25) is 9.48 Å².